The monoisotopic (exact) mass is 343 g/mol. The van der Waals surface area contributed by atoms with Crippen LogP contribution in [0.15, 0.2) is 4.47 Å². The summed E-state index contributed by atoms with van der Waals surface area (Å²) in [6.45, 7) is 7.38. The number of halogens is 1. The van der Waals surface area contributed by atoms with Gasteiger partial charge in [-0.3, -0.25) is 14.4 Å². The molecule has 1 unspecified atom stereocenters. The molecule has 1 fully saturated rings. The minimum Gasteiger partial charge on any atom is -0.368 e. The van der Waals surface area contributed by atoms with Crippen molar-refractivity contribution < 1.29 is 9.53 Å². The zero-order chi connectivity index (χ0) is 14.7. The number of ether oxygens (including phenoxy) is 1. The van der Waals surface area contributed by atoms with E-state index in [2.05, 4.69) is 39.8 Å². The van der Waals surface area contributed by atoms with Gasteiger partial charge in [0.2, 0.25) is 0 Å². The number of hydrogen-bond acceptors (Lipinski definition) is 4. The fraction of sp³-hybridized carbons (Fsp3) is 0.714. The van der Waals surface area contributed by atoms with Gasteiger partial charge in [-0.2, -0.15) is 5.10 Å². The number of hydrogen-bond donors (Lipinski definition) is 0. The highest BCUT2D eigenvalue weighted by molar-refractivity contribution is 9.10. The second kappa shape index (κ2) is 6.83. The van der Waals surface area contributed by atoms with Gasteiger partial charge in [-0.1, -0.05) is 13.8 Å². The molecule has 1 saturated heterocycles. The van der Waals surface area contributed by atoms with Gasteiger partial charge in [-0.15, -0.1) is 0 Å². The van der Waals surface area contributed by atoms with Gasteiger partial charge in [0.05, 0.1) is 28.9 Å². The summed E-state index contributed by atoms with van der Waals surface area (Å²) < 4.78 is 8.37. The van der Waals surface area contributed by atoms with Crippen molar-refractivity contribution >= 4 is 21.7 Å². The Hall–Kier alpha value is -0.720. The summed E-state index contributed by atoms with van der Waals surface area (Å²) >= 11 is 3.55. The van der Waals surface area contributed by atoms with E-state index >= 15 is 0 Å². The van der Waals surface area contributed by atoms with Crippen molar-refractivity contribution in [3.8, 4) is 0 Å². The van der Waals surface area contributed by atoms with Crippen molar-refractivity contribution in [3.05, 3.63) is 15.9 Å². The maximum absolute atomic E-state index is 12.4. The molecule has 1 aliphatic rings. The minimum absolute atomic E-state index is 0.134. The van der Waals surface area contributed by atoms with Gasteiger partial charge >= 0.3 is 0 Å². The number of aromatic nitrogens is 2. The summed E-state index contributed by atoms with van der Waals surface area (Å²) in [6, 6.07) is 0. The number of carbonyl (C=O) groups is 1. The van der Waals surface area contributed by atoms with E-state index in [-0.39, 0.29) is 11.9 Å². The summed E-state index contributed by atoms with van der Waals surface area (Å²) in [5.74, 6) is 0.134. The van der Waals surface area contributed by atoms with E-state index in [1.54, 1.807) is 4.68 Å². The molecule has 1 aliphatic heterocycles. The van der Waals surface area contributed by atoms with Crippen molar-refractivity contribution in [2.45, 2.75) is 32.8 Å². The second-order valence-corrected chi connectivity index (χ2v) is 5.87. The number of carbonyl (C=O) groups excluding carboxylic acids is 1. The van der Waals surface area contributed by atoms with Gasteiger partial charge < -0.3 is 4.74 Å². The van der Waals surface area contributed by atoms with Gasteiger partial charge in [-0.05, 0) is 28.9 Å². The first-order valence-electron chi connectivity index (χ1n) is 7.13. The molecule has 2 heterocycles. The molecule has 0 aromatic carbocycles. The standard InChI is InChI=1S/C14H22BrN3O2/c1-4-10-14(15)11(17(3)16-10)8-12(19)13-9-18(5-2)6-7-20-13/h13H,4-9H2,1-3H3. The Morgan fingerprint density at radius 1 is 1.50 bits per heavy atom. The van der Waals surface area contributed by atoms with Crippen molar-refractivity contribution in [2.24, 2.45) is 7.05 Å². The van der Waals surface area contributed by atoms with Crippen molar-refractivity contribution in [3.63, 3.8) is 0 Å². The lowest BCUT2D eigenvalue weighted by molar-refractivity contribution is -0.135. The first-order chi connectivity index (χ1) is 9.56. The molecule has 0 N–H and O–H groups in total. The molecule has 0 radical (unpaired) electrons. The topological polar surface area (TPSA) is 47.4 Å². The Labute approximate surface area is 128 Å². The predicted molar refractivity (Wildman–Crippen MR) is 80.9 cm³/mol. The number of Topliss-reactive ketones (excluding diaryl/α,β-unsaturated/α-hetero) is 1. The molecule has 0 amide bonds. The average molecular weight is 344 g/mol. The zero-order valence-electron chi connectivity index (χ0n) is 12.4. The van der Waals surface area contributed by atoms with Crippen LogP contribution in [0.1, 0.15) is 25.2 Å². The van der Waals surface area contributed by atoms with Crippen LogP contribution in [0, 0.1) is 0 Å². The van der Waals surface area contributed by atoms with E-state index in [0.29, 0.717) is 19.6 Å². The maximum Gasteiger partial charge on any atom is 0.168 e. The highest BCUT2D eigenvalue weighted by Gasteiger charge is 2.27. The van der Waals surface area contributed by atoms with Crippen LogP contribution in [0.25, 0.3) is 0 Å². The number of morpholine rings is 1. The van der Waals surface area contributed by atoms with Crippen LogP contribution in [0.2, 0.25) is 0 Å². The molecule has 0 spiro atoms. The Morgan fingerprint density at radius 2 is 2.25 bits per heavy atom. The maximum atomic E-state index is 12.4. The van der Waals surface area contributed by atoms with Crippen LogP contribution >= 0.6 is 15.9 Å². The van der Waals surface area contributed by atoms with E-state index in [4.69, 9.17) is 4.74 Å². The van der Waals surface area contributed by atoms with E-state index in [1.807, 2.05) is 7.05 Å². The third kappa shape index (κ3) is 3.30. The smallest absolute Gasteiger partial charge is 0.168 e. The number of ketones is 1. The lowest BCUT2D eigenvalue weighted by Crippen LogP contribution is -2.46. The number of likely N-dealkylation sites (N-methyl/N-ethyl adjacent to an activating group) is 1. The third-order valence-electron chi connectivity index (χ3n) is 3.80. The van der Waals surface area contributed by atoms with Crippen molar-refractivity contribution in [1.82, 2.24) is 14.7 Å². The van der Waals surface area contributed by atoms with Crippen LogP contribution in [0.5, 0.6) is 0 Å². The molecule has 6 heteroatoms. The van der Waals surface area contributed by atoms with E-state index in [0.717, 1.165) is 35.4 Å². The summed E-state index contributed by atoms with van der Waals surface area (Å²) in [4.78, 5) is 14.7. The number of aryl methyl sites for hydroxylation is 2. The normalized spacial score (nSPS) is 20.3. The van der Waals surface area contributed by atoms with E-state index < -0.39 is 0 Å². The number of rotatable bonds is 5. The molecule has 1 aromatic heterocycles. The molecular formula is C14H22BrN3O2. The second-order valence-electron chi connectivity index (χ2n) is 5.08. The third-order valence-corrected chi connectivity index (χ3v) is 4.72. The van der Waals surface area contributed by atoms with Gasteiger partial charge in [-0.25, -0.2) is 0 Å². The lowest BCUT2D eigenvalue weighted by atomic mass is 10.1. The summed E-state index contributed by atoms with van der Waals surface area (Å²) in [5.41, 5.74) is 1.93. The summed E-state index contributed by atoms with van der Waals surface area (Å²) in [7, 11) is 1.88. The molecular weight excluding hydrogens is 322 g/mol. The Morgan fingerprint density at radius 3 is 2.85 bits per heavy atom. The fourth-order valence-corrected chi connectivity index (χ4v) is 3.23. The van der Waals surface area contributed by atoms with Crippen molar-refractivity contribution in [1.29, 1.82) is 0 Å². The first-order valence-corrected chi connectivity index (χ1v) is 7.93. The zero-order valence-corrected chi connectivity index (χ0v) is 13.9. The Balaban J connectivity index is 2.06. The van der Waals surface area contributed by atoms with Crippen LogP contribution in [0.3, 0.4) is 0 Å². The quantitative estimate of drug-likeness (QED) is 0.814. The summed E-state index contributed by atoms with van der Waals surface area (Å²) in [6.07, 6.45) is 0.911. The lowest BCUT2D eigenvalue weighted by Gasteiger charge is -2.31. The molecule has 5 nitrogen and oxygen atoms in total. The Bertz CT molecular complexity index is 487. The molecule has 20 heavy (non-hydrogen) atoms. The molecule has 0 bridgehead atoms. The number of nitrogens with zero attached hydrogens (tertiary/aromatic N) is 3. The highest BCUT2D eigenvalue weighted by Crippen LogP contribution is 2.23. The minimum atomic E-state index is -0.310. The molecule has 112 valence electrons. The van der Waals surface area contributed by atoms with Gasteiger partial charge in [0.1, 0.15) is 6.10 Å². The molecule has 1 atom stereocenters. The van der Waals surface area contributed by atoms with Gasteiger partial charge in [0.15, 0.2) is 5.78 Å². The molecule has 1 aromatic rings. The fourth-order valence-electron chi connectivity index (χ4n) is 2.48. The van der Waals surface area contributed by atoms with E-state index in [9.17, 15) is 4.79 Å². The first kappa shape index (κ1) is 15.7. The van der Waals surface area contributed by atoms with Crippen LogP contribution in [-0.2, 0) is 29.4 Å². The van der Waals surface area contributed by atoms with Crippen LogP contribution in [0.4, 0.5) is 0 Å². The van der Waals surface area contributed by atoms with Crippen molar-refractivity contribution in [2.75, 3.05) is 26.2 Å². The molecule has 0 saturated carbocycles. The SMILES string of the molecule is CCc1nn(C)c(CC(=O)C2CN(CC)CCO2)c1Br. The molecule has 0 aliphatic carbocycles. The van der Waals surface area contributed by atoms with Crippen LogP contribution in [-0.4, -0.2) is 52.8 Å². The van der Waals surface area contributed by atoms with Gasteiger partial charge in [0, 0.05) is 20.1 Å². The van der Waals surface area contributed by atoms with Gasteiger partial charge in [0.25, 0.3) is 0 Å². The van der Waals surface area contributed by atoms with E-state index in [1.165, 1.54) is 0 Å². The molecule has 2 rings (SSSR count). The Kier molecular flexibility index (Phi) is 5.35. The average Bonchev–Trinajstić information content (AvgIpc) is 2.74. The largest absolute Gasteiger partial charge is 0.368 e. The highest BCUT2D eigenvalue weighted by atomic mass is 79.9. The summed E-state index contributed by atoms with van der Waals surface area (Å²) in [5, 5.41) is 4.42. The predicted octanol–water partition coefficient (Wildman–Crippen LogP) is 1.58. The van der Waals surface area contributed by atoms with Crippen LogP contribution < -0.4 is 0 Å².